The third kappa shape index (κ3) is 6.26. The number of halogens is 6. The maximum atomic E-state index is 13.5. The van der Waals surface area contributed by atoms with Gasteiger partial charge in [0.1, 0.15) is 6.04 Å². The third-order valence-corrected chi connectivity index (χ3v) is 8.80. The van der Waals surface area contributed by atoms with Crippen LogP contribution in [0.4, 0.5) is 26.3 Å². The minimum Gasteiger partial charge on any atom is -0.442 e. The number of fused-ring (bicyclic) bond motifs is 1. The maximum absolute atomic E-state index is 13.5. The highest BCUT2D eigenvalue weighted by Crippen LogP contribution is 2.40. The Morgan fingerprint density at radius 1 is 0.950 bits per heavy atom. The summed E-state index contributed by atoms with van der Waals surface area (Å²) in [4.78, 5) is 11.8. The van der Waals surface area contributed by atoms with Gasteiger partial charge in [0.15, 0.2) is 5.72 Å². The molecule has 216 valence electrons. The molecule has 1 saturated heterocycles. The van der Waals surface area contributed by atoms with E-state index in [2.05, 4.69) is 0 Å². The summed E-state index contributed by atoms with van der Waals surface area (Å²) in [6.45, 7) is 0.965. The molecular formula is C27H26F6N2O4S. The smallest absolute Gasteiger partial charge is 0.416 e. The Balaban J connectivity index is 1.62. The fraction of sp³-hybridized carbons (Fsp3) is 0.370. The van der Waals surface area contributed by atoms with Crippen LogP contribution in [-0.2, 0) is 38.3 Å². The molecule has 0 saturated carbocycles. The predicted molar refractivity (Wildman–Crippen MR) is 134 cm³/mol. The van der Waals surface area contributed by atoms with Crippen LogP contribution in [0.25, 0.3) is 10.8 Å². The van der Waals surface area contributed by atoms with E-state index in [4.69, 9.17) is 10.5 Å². The highest BCUT2D eigenvalue weighted by Gasteiger charge is 2.47. The lowest BCUT2D eigenvalue weighted by Crippen LogP contribution is -2.56. The second-order valence-corrected chi connectivity index (χ2v) is 11.7. The maximum Gasteiger partial charge on any atom is 0.416 e. The SMILES string of the molecule is CC1(OC(=O)[C@@H](N)Cc2ccc3ccccc3c2)CCCCN1S(=O)(=O)c1cc(C(F)(F)F)cc(C(F)(F)F)c1. The molecule has 0 radical (unpaired) electrons. The van der Waals surface area contributed by atoms with Gasteiger partial charge in [0.05, 0.1) is 16.0 Å². The van der Waals surface area contributed by atoms with Crippen molar-refractivity contribution < 1.29 is 44.3 Å². The number of benzene rings is 3. The molecule has 1 aliphatic rings. The molecular weight excluding hydrogens is 562 g/mol. The van der Waals surface area contributed by atoms with Crippen molar-refractivity contribution in [1.82, 2.24) is 4.31 Å². The number of nitrogens with zero attached hydrogens (tertiary/aromatic N) is 1. The number of carbonyl (C=O) groups excluding carboxylic acids is 1. The van der Waals surface area contributed by atoms with Crippen molar-refractivity contribution in [1.29, 1.82) is 0 Å². The van der Waals surface area contributed by atoms with Gasteiger partial charge in [0, 0.05) is 13.0 Å². The zero-order valence-electron chi connectivity index (χ0n) is 21.2. The second-order valence-electron chi connectivity index (χ2n) is 9.86. The molecule has 2 atom stereocenters. The van der Waals surface area contributed by atoms with Gasteiger partial charge in [-0.25, -0.2) is 8.42 Å². The number of carbonyl (C=O) groups is 1. The van der Waals surface area contributed by atoms with Gasteiger partial charge in [0.2, 0.25) is 10.0 Å². The fourth-order valence-electron chi connectivity index (χ4n) is 4.74. The summed E-state index contributed by atoms with van der Waals surface area (Å²) in [5, 5.41) is 1.89. The van der Waals surface area contributed by atoms with Crippen LogP contribution in [-0.4, -0.2) is 37.0 Å². The predicted octanol–water partition coefficient (Wildman–Crippen LogP) is 5.88. The van der Waals surface area contributed by atoms with E-state index in [-0.39, 0.29) is 44.0 Å². The van der Waals surface area contributed by atoms with E-state index >= 15 is 0 Å². The lowest BCUT2D eigenvalue weighted by molar-refractivity contribution is -0.177. The Morgan fingerprint density at radius 2 is 1.55 bits per heavy atom. The monoisotopic (exact) mass is 588 g/mol. The first-order valence-corrected chi connectivity index (χ1v) is 13.7. The van der Waals surface area contributed by atoms with Crippen molar-refractivity contribution in [2.75, 3.05) is 6.54 Å². The normalized spacial score (nSPS) is 19.9. The molecule has 0 amide bonds. The number of nitrogens with two attached hydrogens (primary N) is 1. The first-order chi connectivity index (χ1) is 18.5. The summed E-state index contributed by atoms with van der Waals surface area (Å²) in [5.74, 6) is -0.960. The molecule has 2 N–H and O–H groups in total. The lowest BCUT2D eigenvalue weighted by atomic mass is 10.0. The first kappa shape index (κ1) is 29.8. The van der Waals surface area contributed by atoms with Crippen molar-refractivity contribution in [3.8, 4) is 0 Å². The van der Waals surface area contributed by atoms with Crippen LogP contribution in [0.15, 0.2) is 65.6 Å². The zero-order chi connectivity index (χ0) is 29.5. The van der Waals surface area contributed by atoms with Crippen LogP contribution in [0.3, 0.4) is 0 Å². The van der Waals surface area contributed by atoms with Gasteiger partial charge in [-0.15, -0.1) is 0 Å². The summed E-state index contributed by atoms with van der Waals surface area (Å²) in [7, 11) is -4.97. The average Bonchev–Trinajstić information content (AvgIpc) is 2.87. The topological polar surface area (TPSA) is 89.7 Å². The molecule has 0 bridgehead atoms. The minimum absolute atomic E-state index is 0.0360. The number of alkyl halides is 6. The first-order valence-electron chi connectivity index (χ1n) is 12.3. The van der Waals surface area contributed by atoms with E-state index in [0.717, 1.165) is 10.8 Å². The van der Waals surface area contributed by atoms with E-state index < -0.39 is 56.1 Å². The Bertz CT molecular complexity index is 1490. The highest BCUT2D eigenvalue weighted by molar-refractivity contribution is 7.89. The van der Waals surface area contributed by atoms with Crippen LogP contribution < -0.4 is 5.73 Å². The molecule has 0 spiro atoms. The standard InChI is InChI=1S/C27H26F6N2O4S/c1-25(39-24(36)23(34)13-17-8-9-18-6-2-3-7-19(18)12-17)10-4-5-11-35(25)40(37,38)22-15-20(26(28,29)30)14-21(16-22)27(31,32)33/h2-3,6-9,12,14-16,23H,4-5,10-11,13,34H2,1H3/t23-,25?/m0/s1. The lowest BCUT2D eigenvalue weighted by Gasteiger charge is -2.43. The van der Waals surface area contributed by atoms with Gasteiger partial charge in [0.25, 0.3) is 0 Å². The minimum atomic E-state index is -5.24. The number of hydrogen-bond donors (Lipinski definition) is 1. The molecule has 3 aromatic carbocycles. The molecule has 6 nitrogen and oxygen atoms in total. The fourth-order valence-corrected chi connectivity index (χ4v) is 6.56. The molecule has 1 heterocycles. The van der Waals surface area contributed by atoms with Gasteiger partial charge in [-0.2, -0.15) is 30.6 Å². The van der Waals surface area contributed by atoms with Crippen LogP contribution in [0.1, 0.15) is 42.9 Å². The van der Waals surface area contributed by atoms with E-state index in [1.54, 1.807) is 6.07 Å². The van der Waals surface area contributed by atoms with Gasteiger partial charge in [-0.3, -0.25) is 4.79 Å². The molecule has 0 aromatic heterocycles. The molecule has 1 fully saturated rings. The molecule has 4 rings (SSSR count). The average molecular weight is 589 g/mol. The van der Waals surface area contributed by atoms with Gasteiger partial charge < -0.3 is 10.5 Å². The number of piperidine rings is 1. The van der Waals surface area contributed by atoms with Crippen molar-refractivity contribution in [2.24, 2.45) is 5.73 Å². The van der Waals surface area contributed by atoms with Crippen LogP contribution >= 0.6 is 0 Å². The van der Waals surface area contributed by atoms with Gasteiger partial charge in [-0.1, -0.05) is 42.5 Å². The van der Waals surface area contributed by atoms with Crippen molar-refractivity contribution in [2.45, 2.75) is 61.6 Å². The Morgan fingerprint density at radius 3 is 2.15 bits per heavy atom. The van der Waals surface area contributed by atoms with E-state index in [1.165, 1.54) is 6.92 Å². The summed E-state index contributed by atoms with van der Waals surface area (Å²) in [6, 6.07) is 11.9. The molecule has 40 heavy (non-hydrogen) atoms. The number of sulfonamides is 1. The molecule has 1 unspecified atom stereocenters. The van der Waals surface area contributed by atoms with E-state index in [0.29, 0.717) is 16.3 Å². The van der Waals surface area contributed by atoms with Crippen LogP contribution in [0.5, 0.6) is 0 Å². The number of ether oxygens (including phenoxy) is 1. The zero-order valence-corrected chi connectivity index (χ0v) is 22.0. The summed E-state index contributed by atoms with van der Waals surface area (Å²) in [6.07, 6.45) is -9.81. The Hall–Kier alpha value is -3.16. The molecule has 13 heteroatoms. The van der Waals surface area contributed by atoms with Gasteiger partial charge >= 0.3 is 18.3 Å². The quantitative estimate of drug-likeness (QED) is 0.287. The van der Waals surface area contributed by atoms with Crippen molar-refractivity contribution in [3.63, 3.8) is 0 Å². The Labute approximate surface area is 226 Å². The summed E-state index contributed by atoms with van der Waals surface area (Å²) >= 11 is 0. The number of rotatable bonds is 6. The van der Waals surface area contributed by atoms with Crippen LogP contribution in [0.2, 0.25) is 0 Å². The molecule has 1 aliphatic heterocycles. The van der Waals surface area contributed by atoms with Crippen molar-refractivity contribution in [3.05, 3.63) is 77.4 Å². The summed E-state index contributed by atoms with van der Waals surface area (Å²) < 4.78 is 113. The molecule has 0 aliphatic carbocycles. The number of hydrogen-bond acceptors (Lipinski definition) is 5. The molecule has 3 aromatic rings. The number of esters is 1. The van der Waals surface area contributed by atoms with Crippen LogP contribution in [0, 0.1) is 0 Å². The van der Waals surface area contributed by atoms with E-state index in [1.807, 2.05) is 36.4 Å². The third-order valence-electron chi connectivity index (χ3n) is 6.82. The van der Waals surface area contributed by atoms with Crippen molar-refractivity contribution >= 4 is 26.8 Å². The van der Waals surface area contributed by atoms with Gasteiger partial charge in [-0.05, 0) is 60.7 Å². The largest absolute Gasteiger partial charge is 0.442 e. The highest BCUT2D eigenvalue weighted by atomic mass is 32.2. The van der Waals surface area contributed by atoms with E-state index in [9.17, 15) is 39.6 Å². The Kier molecular flexibility index (Phi) is 7.96. The second kappa shape index (κ2) is 10.7. The summed E-state index contributed by atoms with van der Waals surface area (Å²) in [5.41, 5.74) is 1.37.